The van der Waals surface area contributed by atoms with Gasteiger partial charge in [-0.1, -0.05) is 0 Å². The summed E-state index contributed by atoms with van der Waals surface area (Å²) in [4.78, 5) is 19.5. The zero-order valence-corrected chi connectivity index (χ0v) is 14.5. The number of carbonyl (C=O) groups is 1. The van der Waals surface area contributed by atoms with Gasteiger partial charge >= 0.3 is 0 Å². The summed E-state index contributed by atoms with van der Waals surface area (Å²) in [5.41, 5.74) is 5.73. The minimum absolute atomic E-state index is 0.114. The van der Waals surface area contributed by atoms with Gasteiger partial charge in [0.2, 0.25) is 0 Å². The molecule has 3 heterocycles. The number of carbonyl (C=O) groups excluding carboxylic acids is 1. The highest BCUT2D eigenvalue weighted by atomic mass is 19.3. The highest BCUT2D eigenvalue weighted by Crippen LogP contribution is 2.29. The number of nitrogens with one attached hydrogen (secondary N) is 1. The lowest BCUT2D eigenvalue weighted by molar-refractivity contribution is 0.0209. The van der Waals surface area contributed by atoms with Crippen molar-refractivity contribution in [3.05, 3.63) is 35.8 Å². The molecule has 0 aromatic carbocycles. The molecule has 0 aliphatic carbocycles. The van der Waals surface area contributed by atoms with E-state index in [1.807, 2.05) is 0 Å². The number of alkyl halides is 2. The quantitative estimate of drug-likeness (QED) is 0.719. The Kier molecular flexibility index (Phi) is 5.75. The Morgan fingerprint density at radius 1 is 1.52 bits per heavy atom. The van der Waals surface area contributed by atoms with Gasteiger partial charge < -0.3 is 20.8 Å². The van der Waals surface area contributed by atoms with E-state index in [1.54, 1.807) is 10.9 Å². The van der Waals surface area contributed by atoms with Crippen LogP contribution in [0.4, 0.5) is 20.3 Å². The molecule has 1 aliphatic rings. The highest BCUT2D eigenvalue weighted by Gasteiger charge is 2.29. The van der Waals surface area contributed by atoms with Gasteiger partial charge in [0.1, 0.15) is 11.3 Å². The first-order valence-electron chi connectivity index (χ1n) is 8.40. The standard InChI is InChI=1S/C17H20F2N6O2/c1-21-6-10-4-5-27-9-14(10)25-8-12(16(20)26)17(24-25)23-11-2-3-13(15(18)19)22-7-11/h2-3,7-8,10,14-15H,1,4-6,9H2,(H2,20,26)(H,23,24)/t10-,14+/m1/s1. The van der Waals surface area contributed by atoms with Crippen molar-refractivity contribution < 1.29 is 18.3 Å². The zero-order valence-electron chi connectivity index (χ0n) is 14.5. The number of halogens is 2. The molecule has 2 atom stereocenters. The van der Waals surface area contributed by atoms with Gasteiger partial charge in [0.15, 0.2) is 5.82 Å². The van der Waals surface area contributed by atoms with Crippen molar-refractivity contribution in [1.82, 2.24) is 14.8 Å². The molecule has 0 spiro atoms. The summed E-state index contributed by atoms with van der Waals surface area (Å²) in [6, 6.07) is 2.53. The third kappa shape index (κ3) is 4.27. The molecule has 8 nitrogen and oxygen atoms in total. The first-order chi connectivity index (χ1) is 13.0. The minimum Gasteiger partial charge on any atom is -0.379 e. The van der Waals surface area contributed by atoms with E-state index in [1.165, 1.54) is 18.3 Å². The average molecular weight is 378 g/mol. The van der Waals surface area contributed by atoms with Crippen molar-refractivity contribution in [1.29, 1.82) is 0 Å². The second-order valence-electron chi connectivity index (χ2n) is 6.23. The van der Waals surface area contributed by atoms with Crippen molar-refractivity contribution in [3.63, 3.8) is 0 Å². The topological polar surface area (TPSA) is 107 Å². The summed E-state index contributed by atoms with van der Waals surface area (Å²) in [6.07, 6.45) is 0.957. The number of anilines is 2. The Labute approximate surface area is 154 Å². The van der Waals surface area contributed by atoms with E-state index in [0.717, 1.165) is 6.42 Å². The minimum atomic E-state index is -2.65. The molecule has 1 aliphatic heterocycles. The van der Waals surface area contributed by atoms with E-state index in [9.17, 15) is 13.6 Å². The number of aromatic nitrogens is 3. The van der Waals surface area contributed by atoms with Crippen molar-refractivity contribution >= 4 is 24.1 Å². The number of rotatable bonds is 7. The van der Waals surface area contributed by atoms with Crippen LogP contribution in [-0.2, 0) is 4.74 Å². The number of nitrogens with two attached hydrogens (primary N) is 1. The molecule has 0 saturated carbocycles. The lowest BCUT2D eigenvalue weighted by Crippen LogP contribution is -2.32. The number of hydrogen-bond donors (Lipinski definition) is 2. The summed E-state index contributed by atoms with van der Waals surface area (Å²) in [5.74, 6) is -0.252. The monoisotopic (exact) mass is 378 g/mol. The Hall–Kier alpha value is -2.88. The second kappa shape index (κ2) is 8.21. The van der Waals surface area contributed by atoms with Crippen molar-refractivity contribution in [2.75, 3.05) is 25.1 Å². The van der Waals surface area contributed by atoms with Crippen molar-refractivity contribution in [2.24, 2.45) is 16.6 Å². The van der Waals surface area contributed by atoms with Crippen molar-refractivity contribution in [3.8, 4) is 0 Å². The molecule has 2 aromatic rings. The predicted octanol–water partition coefficient (Wildman–Crippen LogP) is 2.34. The fourth-order valence-electron chi connectivity index (χ4n) is 3.02. The number of amides is 1. The van der Waals surface area contributed by atoms with Crippen LogP contribution in [0, 0.1) is 5.92 Å². The maximum atomic E-state index is 12.6. The van der Waals surface area contributed by atoms with Gasteiger partial charge in [-0.3, -0.25) is 14.5 Å². The number of nitrogens with zero attached hydrogens (tertiary/aromatic N) is 4. The largest absolute Gasteiger partial charge is 0.379 e. The van der Waals surface area contributed by atoms with Gasteiger partial charge in [-0.2, -0.15) is 5.10 Å². The van der Waals surface area contributed by atoms with Gasteiger partial charge in [0, 0.05) is 25.3 Å². The van der Waals surface area contributed by atoms with E-state index >= 15 is 0 Å². The molecular weight excluding hydrogens is 358 g/mol. The Balaban J connectivity index is 1.86. The van der Waals surface area contributed by atoms with E-state index in [-0.39, 0.29) is 29.0 Å². The molecule has 144 valence electrons. The first kappa shape index (κ1) is 18.9. The number of ether oxygens (including phenoxy) is 1. The molecule has 1 saturated heterocycles. The van der Waals surface area contributed by atoms with E-state index < -0.39 is 12.3 Å². The van der Waals surface area contributed by atoms with E-state index in [0.29, 0.717) is 25.4 Å². The normalized spacial score (nSPS) is 19.8. The summed E-state index contributed by atoms with van der Waals surface area (Å²) in [6.45, 7) is 5.17. The highest BCUT2D eigenvalue weighted by molar-refractivity contribution is 5.98. The van der Waals surface area contributed by atoms with Gasteiger partial charge in [-0.25, -0.2) is 8.78 Å². The average Bonchev–Trinajstić information content (AvgIpc) is 3.07. The zero-order chi connectivity index (χ0) is 19.4. The molecule has 3 rings (SSSR count). The van der Waals surface area contributed by atoms with Crippen LogP contribution < -0.4 is 11.1 Å². The fourth-order valence-corrected chi connectivity index (χ4v) is 3.02. The number of pyridine rings is 1. The van der Waals surface area contributed by atoms with Crippen LogP contribution in [-0.4, -0.2) is 47.1 Å². The predicted molar refractivity (Wildman–Crippen MR) is 95.6 cm³/mol. The maximum Gasteiger partial charge on any atom is 0.280 e. The van der Waals surface area contributed by atoms with Crippen LogP contribution in [0.3, 0.4) is 0 Å². The van der Waals surface area contributed by atoms with Crippen molar-refractivity contribution in [2.45, 2.75) is 18.9 Å². The molecule has 27 heavy (non-hydrogen) atoms. The summed E-state index contributed by atoms with van der Waals surface area (Å²) in [5, 5.41) is 7.34. The molecule has 0 unspecified atom stereocenters. The third-order valence-corrected chi connectivity index (χ3v) is 4.44. The molecule has 1 amide bonds. The van der Waals surface area contributed by atoms with Crippen LogP contribution in [0.25, 0.3) is 0 Å². The lowest BCUT2D eigenvalue weighted by atomic mass is 9.95. The van der Waals surface area contributed by atoms with Crippen LogP contribution in [0.2, 0.25) is 0 Å². The van der Waals surface area contributed by atoms with Gasteiger partial charge in [0.05, 0.1) is 24.5 Å². The molecule has 3 N–H and O–H groups in total. The fraction of sp³-hybridized carbons (Fsp3) is 0.412. The SMILES string of the molecule is C=NC[C@H]1CCOC[C@@H]1n1cc(C(N)=O)c(Nc2ccc(C(F)F)nc2)n1. The van der Waals surface area contributed by atoms with E-state index in [2.05, 4.69) is 27.1 Å². The Bertz CT molecular complexity index is 808. The van der Waals surface area contributed by atoms with Crippen LogP contribution >= 0.6 is 0 Å². The molecule has 1 fully saturated rings. The van der Waals surface area contributed by atoms with Gasteiger partial charge in [0.25, 0.3) is 12.3 Å². The summed E-state index contributed by atoms with van der Waals surface area (Å²) in [7, 11) is 0. The van der Waals surface area contributed by atoms with Gasteiger partial charge in [-0.05, 0) is 25.3 Å². The lowest BCUT2D eigenvalue weighted by Gasteiger charge is -2.30. The van der Waals surface area contributed by atoms with Gasteiger partial charge in [-0.15, -0.1) is 0 Å². The van der Waals surface area contributed by atoms with E-state index in [4.69, 9.17) is 10.5 Å². The summed E-state index contributed by atoms with van der Waals surface area (Å²) < 4.78 is 32.4. The third-order valence-electron chi connectivity index (χ3n) is 4.44. The number of primary amides is 1. The molecule has 10 heteroatoms. The van der Waals surface area contributed by atoms with Crippen LogP contribution in [0.1, 0.15) is 34.9 Å². The number of aliphatic imine (C=N–C) groups is 1. The molecule has 2 aromatic heterocycles. The first-order valence-corrected chi connectivity index (χ1v) is 8.40. The Morgan fingerprint density at radius 2 is 2.33 bits per heavy atom. The van der Waals surface area contributed by atoms with Crippen LogP contribution in [0.15, 0.2) is 29.5 Å². The number of hydrogen-bond acceptors (Lipinski definition) is 6. The Morgan fingerprint density at radius 3 is 2.96 bits per heavy atom. The molecule has 0 bridgehead atoms. The smallest absolute Gasteiger partial charge is 0.280 e. The molecular formula is C17H20F2N6O2. The molecule has 0 radical (unpaired) electrons. The summed E-state index contributed by atoms with van der Waals surface area (Å²) >= 11 is 0. The van der Waals surface area contributed by atoms with Crippen LogP contribution in [0.5, 0.6) is 0 Å². The second-order valence-corrected chi connectivity index (χ2v) is 6.23. The maximum absolute atomic E-state index is 12.6.